The van der Waals surface area contributed by atoms with Crippen LogP contribution in [-0.2, 0) is 20.9 Å². The average molecular weight is 742 g/mol. The summed E-state index contributed by atoms with van der Waals surface area (Å²) in [4.78, 5) is 65.5. The number of benzene rings is 2. The molecule has 2 bridgehead atoms. The van der Waals surface area contributed by atoms with Crippen LogP contribution in [0.25, 0.3) is 33.6 Å². The minimum atomic E-state index is -0.678. The number of rotatable bonds is 11. The van der Waals surface area contributed by atoms with Crippen molar-refractivity contribution in [2.24, 2.45) is 23.7 Å². The minimum absolute atomic E-state index is 0.0791. The zero-order valence-electron chi connectivity index (χ0n) is 31.4. The van der Waals surface area contributed by atoms with Gasteiger partial charge in [0.05, 0.1) is 42.9 Å². The van der Waals surface area contributed by atoms with Gasteiger partial charge < -0.3 is 30.2 Å². The van der Waals surface area contributed by atoms with Crippen molar-refractivity contribution in [3.8, 4) is 33.6 Å². The van der Waals surface area contributed by atoms with E-state index in [0.717, 1.165) is 83.0 Å². The monoisotopic (exact) mass is 741 g/mol. The molecule has 3 aromatic heterocycles. The lowest BCUT2D eigenvalue weighted by molar-refractivity contribution is -0.135. The van der Waals surface area contributed by atoms with Crippen LogP contribution < -0.4 is 10.6 Å². The molecule has 1 aliphatic heterocycles. The molecule has 4 heterocycles. The molecule has 55 heavy (non-hydrogen) atoms. The van der Waals surface area contributed by atoms with Gasteiger partial charge in [0.1, 0.15) is 24.0 Å². The molecule has 5 aromatic rings. The molecule has 1 saturated heterocycles. The fourth-order valence-corrected chi connectivity index (χ4v) is 8.97. The van der Waals surface area contributed by atoms with E-state index in [1.807, 2.05) is 31.1 Å². The van der Waals surface area contributed by atoms with Crippen LogP contribution in [0.3, 0.4) is 0 Å². The first-order chi connectivity index (χ1) is 26.8. The standard InChI is InChI=1S/C42H47N9O4/c1-24(2)37(50-42(54)55-3)41(53)51-16-4-5-34(51)38-45-21-32(48-38)28-10-6-26(7-11-28)27-8-12-29(13-9-27)33-22-46-39(49-33)35-30-14-15-31(17-30)36(35)40(52)47-20-25-18-43-23-44-19-25/h6-13,18-19,21-24,30-31,34-37H,4-5,14-17,20H2,1-3H3,(H,45,48)(H,46,49)(H,47,52)(H,50,54)/t30?,31?,34-,35+,36?,37-/m0/s1. The predicted molar refractivity (Wildman–Crippen MR) is 206 cm³/mol. The van der Waals surface area contributed by atoms with E-state index in [1.165, 1.54) is 13.4 Å². The van der Waals surface area contributed by atoms with Crippen LogP contribution in [0.4, 0.5) is 4.79 Å². The number of ether oxygens (including phenoxy) is 1. The Balaban J connectivity index is 0.918. The van der Waals surface area contributed by atoms with E-state index in [9.17, 15) is 14.4 Å². The highest BCUT2D eigenvalue weighted by Gasteiger charge is 2.52. The van der Waals surface area contributed by atoms with E-state index in [2.05, 4.69) is 84.1 Å². The van der Waals surface area contributed by atoms with Gasteiger partial charge in [0, 0.05) is 37.0 Å². The van der Waals surface area contributed by atoms with Crippen LogP contribution in [0.15, 0.2) is 79.6 Å². The second-order valence-electron chi connectivity index (χ2n) is 15.4. The van der Waals surface area contributed by atoms with Gasteiger partial charge in [0.25, 0.3) is 0 Å². The Morgan fingerprint density at radius 1 is 0.818 bits per heavy atom. The highest BCUT2D eigenvalue weighted by atomic mass is 16.5. The third kappa shape index (κ3) is 7.35. The molecule has 4 N–H and O–H groups in total. The Morgan fingerprint density at radius 2 is 1.42 bits per heavy atom. The first-order valence-corrected chi connectivity index (χ1v) is 19.2. The quantitative estimate of drug-likeness (QED) is 0.120. The van der Waals surface area contributed by atoms with E-state index >= 15 is 0 Å². The third-order valence-corrected chi connectivity index (χ3v) is 11.8. The number of aromatic nitrogens is 6. The van der Waals surface area contributed by atoms with Crippen LogP contribution in [-0.4, -0.2) is 72.4 Å². The molecule has 0 radical (unpaired) electrons. The largest absolute Gasteiger partial charge is 0.453 e. The van der Waals surface area contributed by atoms with Crippen molar-refractivity contribution in [3.63, 3.8) is 0 Å². The summed E-state index contributed by atoms with van der Waals surface area (Å²) in [5.74, 6) is 2.31. The molecule has 3 amide bonds. The first kappa shape index (κ1) is 36.1. The van der Waals surface area contributed by atoms with Crippen molar-refractivity contribution < 1.29 is 19.1 Å². The molecular formula is C42H47N9O4. The Hall–Kier alpha value is -5.85. The number of nitrogens with one attached hydrogen (secondary N) is 4. The highest BCUT2D eigenvalue weighted by Crippen LogP contribution is 2.56. The number of methoxy groups -OCH3 is 1. The summed E-state index contributed by atoms with van der Waals surface area (Å²) in [5.41, 5.74) is 6.92. The van der Waals surface area contributed by atoms with Gasteiger partial charge >= 0.3 is 6.09 Å². The van der Waals surface area contributed by atoms with Gasteiger partial charge in [-0.3, -0.25) is 9.59 Å². The lowest BCUT2D eigenvalue weighted by Gasteiger charge is -2.30. The van der Waals surface area contributed by atoms with Gasteiger partial charge in [-0.1, -0.05) is 62.4 Å². The SMILES string of the molecule is COC(=O)N[C@H](C(=O)N1CCC[C@H]1c1ncc(-c2ccc(-c3ccc(-c4cnc([C@@H]5C6CCC(C6)C5C(=O)NCc5cncnc5)[nH]4)cc3)cc2)[nH]1)C(C)C. The molecule has 8 rings (SSSR count). The van der Waals surface area contributed by atoms with Crippen molar-refractivity contribution in [1.29, 1.82) is 0 Å². The molecule has 284 valence electrons. The van der Waals surface area contributed by atoms with Crippen molar-refractivity contribution in [2.75, 3.05) is 13.7 Å². The second kappa shape index (κ2) is 15.5. The average Bonchev–Trinajstić information content (AvgIpc) is 4.07. The number of amides is 3. The maximum absolute atomic E-state index is 13.5. The normalized spacial score (nSPS) is 22.2. The number of hydrogen-bond acceptors (Lipinski definition) is 8. The molecule has 13 heteroatoms. The number of imidazole rings is 2. The summed E-state index contributed by atoms with van der Waals surface area (Å²) in [6, 6.07) is 15.9. The van der Waals surface area contributed by atoms with Gasteiger partial charge in [0.2, 0.25) is 11.8 Å². The zero-order chi connectivity index (χ0) is 38.1. The van der Waals surface area contributed by atoms with Crippen LogP contribution in [0.1, 0.15) is 75.1 Å². The predicted octanol–water partition coefficient (Wildman–Crippen LogP) is 6.41. The molecular weight excluding hydrogens is 695 g/mol. The molecule has 3 fully saturated rings. The van der Waals surface area contributed by atoms with E-state index in [0.29, 0.717) is 24.9 Å². The second-order valence-corrected chi connectivity index (χ2v) is 15.4. The maximum Gasteiger partial charge on any atom is 0.407 e. The minimum Gasteiger partial charge on any atom is -0.453 e. The van der Waals surface area contributed by atoms with Crippen LogP contribution in [0.2, 0.25) is 0 Å². The lowest BCUT2D eigenvalue weighted by atomic mass is 9.78. The molecule has 13 nitrogen and oxygen atoms in total. The maximum atomic E-state index is 13.5. The van der Waals surface area contributed by atoms with Gasteiger partial charge in [-0.05, 0) is 72.1 Å². The molecule has 2 aromatic carbocycles. The summed E-state index contributed by atoms with van der Waals surface area (Å²) < 4.78 is 4.76. The van der Waals surface area contributed by atoms with Crippen molar-refractivity contribution in [3.05, 3.63) is 96.9 Å². The summed E-state index contributed by atoms with van der Waals surface area (Å²) in [7, 11) is 1.30. The van der Waals surface area contributed by atoms with E-state index in [1.54, 1.807) is 12.4 Å². The van der Waals surface area contributed by atoms with E-state index < -0.39 is 12.1 Å². The lowest BCUT2D eigenvalue weighted by Crippen LogP contribution is -2.51. The van der Waals surface area contributed by atoms with Gasteiger partial charge in [-0.25, -0.2) is 24.7 Å². The Morgan fingerprint density at radius 3 is 2.05 bits per heavy atom. The molecule has 3 aliphatic rings. The van der Waals surface area contributed by atoms with Gasteiger partial charge in [-0.15, -0.1) is 0 Å². The number of hydrogen-bond donors (Lipinski definition) is 4. The fourth-order valence-electron chi connectivity index (χ4n) is 8.97. The van der Waals surface area contributed by atoms with Crippen LogP contribution >= 0.6 is 0 Å². The number of H-pyrrole nitrogens is 2. The number of carbonyl (C=O) groups excluding carboxylic acids is 3. The smallest absolute Gasteiger partial charge is 0.407 e. The van der Waals surface area contributed by atoms with Gasteiger partial charge in [-0.2, -0.15) is 0 Å². The number of nitrogens with zero attached hydrogens (tertiary/aromatic N) is 5. The summed E-state index contributed by atoms with van der Waals surface area (Å²) in [6.07, 6.45) is 13.0. The zero-order valence-corrected chi connectivity index (χ0v) is 31.4. The molecule has 2 aliphatic carbocycles. The summed E-state index contributed by atoms with van der Waals surface area (Å²) in [6.45, 7) is 4.84. The molecule has 3 unspecified atom stereocenters. The fraction of sp³-hybridized carbons (Fsp3) is 0.405. The van der Waals surface area contributed by atoms with Crippen molar-refractivity contribution in [2.45, 2.75) is 70.5 Å². The Bertz CT molecular complexity index is 2130. The summed E-state index contributed by atoms with van der Waals surface area (Å²) in [5, 5.41) is 5.84. The molecule has 2 saturated carbocycles. The van der Waals surface area contributed by atoms with Gasteiger partial charge in [0.15, 0.2) is 0 Å². The number of fused-ring (bicyclic) bond motifs is 2. The summed E-state index contributed by atoms with van der Waals surface area (Å²) >= 11 is 0. The number of aromatic amines is 2. The van der Waals surface area contributed by atoms with Crippen LogP contribution in [0.5, 0.6) is 0 Å². The van der Waals surface area contributed by atoms with E-state index in [-0.39, 0.29) is 35.6 Å². The molecule has 0 spiro atoms. The topological polar surface area (TPSA) is 171 Å². The number of likely N-dealkylation sites (tertiary alicyclic amines) is 1. The van der Waals surface area contributed by atoms with Crippen LogP contribution in [0, 0.1) is 23.7 Å². The molecule has 6 atom stereocenters. The Kier molecular flexibility index (Phi) is 10.2. The highest BCUT2D eigenvalue weighted by molar-refractivity contribution is 5.86. The van der Waals surface area contributed by atoms with Crippen molar-refractivity contribution >= 4 is 17.9 Å². The van der Waals surface area contributed by atoms with Crippen molar-refractivity contribution in [1.82, 2.24) is 45.4 Å². The number of carbonyl (C=O) groups is 3. The third-order valence-electron chi connectivity index (χ3n) is 11.8. The first-order valence-electron chi connectivity index (χ1n) is 19.2. The van der Waals surface area contributed by atoms with E-state index in [4.69, 9.17) is 9.72 Å². The Labute approximate surface area is 320 Å². The number of alkyl carbamates (subject to hydrolysis) is 1.